The average molecular weight is 457 g/mol. The van der Waals surface area contributed by atoms with Gasteiger partial charge in [-0.2, -0.15) is 0 Å². The van der Waals surface area contributed by atoms with Gasteiger partial charge in [0.2, 0.25) is 0 Å². The Morgan fingerprint density at radius 2 is 1.05 bits per heavy atom. The first-order valence-electron chi connectivity index (χ1n) is 7.59. The zero-order valence-electron chi connectivity index (χ0n) is 14.8. The third kappa shape index (κ3) is 28.7. The summed E-state index contributed by atoms with van der Waals surface area (Å²) in [6, 6.07) is 7.53. The molecule has 0 radical (unpaired) electrons. The molecule has 6 heteroatoms. The minimum atomic E-state index is -2.94. The molecule has 0 bridgehead atoms. The maximum Gasteiger partial charge on any atom is 0 e. The fourth-order valence-electron chi connectivity index (χ4n) is 0.770. The summed E-state index contributed by atoms with van der Waals surface area (Å²) in [6.07, 6.45) is 2.62. The predicted octanol–water partition coefficient (Wildman–Crippen LogP) is 2.95. The average Bonchev–Trinajstić information content (AvgIpc) is 3.02. The van der Waals surface area contributed by atoms with Crippen molar-refractivity contribution in [1.82, 2.24) is 0 Å². The van der Waals surface area contributed by atoms with Crippen LogP contribution in [0.4, 0.5) is 3.50 Å². The quantitative estimate of drug-likeness (QED) is 0.482. The summed E-state index contributed by atoms with van der Waals surface area (Å²) < 4.78 is 14.1. The largest absolute Gasteiger partial charge is 0 e. The molecular formula is C16H34FGeO3Zr-. The van der Waals surface area contributed by atoms with Gasteiger partial charge in [0, 0.05) is 46.0 Å². The van der Waals surface area contributed by atoms with E-state index in [2.05, 4.69) is 0 Å². The Hall–Kier alpha value is 0.586. The number of rotatable bonds is 4. The van der Waals surface area contributed by atoms with Crippen LogP contribution in [0.25, 0.3) is 0 Å². The van der Waals surface area contributed by atoms with E-state index in [0.717, 1.165) is 23.7 Å². The van der Waals surface area contributed by atoms with E-state index in [-0.39, 0.29) is 26.2 Å². The Morgan fingerprint density at radius 1 is 0.818 bits per heavy atom. The van der Waals surface area contributed by atoms with Crippen molar-refractivity contribution in [3.8, 4) is 0 Å². The molecule has 0 aromatic heterocycles. The van der Waals surface area contributed by atoms with E-state index in [1.165, 1.54) is 0 Å². The summed E-state index contributed by atoms with van der Waals surface area (Å²) in [6.45, 7) is 6.75. The molecule has 22 heavy (non-hydrogen) atoms. The topological polar surface area (TPSA) is 60.7 Å². The van der Waals surface area contributed by atoms with Crippen LogP contribution in [-0.2, 0) is 26.2 Å². The zero-order chi connectivity index (χ0) is 17.1. The first-order chi connectivity index (χ1) is 9.85. The van der Waals surface area contributed by atoms with Gasteiger partial charge in [0.1, 0.15) is 0 Å². The minimum absolute atomic E-state index is 0. The van der Waals surface area contributed by atoms with Crippen LogP contribution in [0, 0.1) is 0 Å². The van der Waals surface area contributed by atoms with Crippen LogP contribution in [0.15, 0.2) is 24.3 Å². The third-order valence-corrected chi connectivity index (χ3v) is 5.60. The number of hydrogen-bond acceptors (Lipinski definition) is 3. The molecule has 0 aliphatic rings. The Morgan fingerprint density at radius 3 is 1.14 bits per heavy atom. The molecule has 0 aliphatic heterocycles. The molecule has 1 rings (SSSR count). The normalized spacial score (nSPS) is 8.95. The van der Waals surface area contributed by atoms with E-state index in [1.54, 1.807) is 11.5 Å². The molecule has 0 amide bonds. The van der Waals surface area contributed by atoms with Gasteiger partial charge < -0.3 is 15.3 Å². The van der Waals surface area contributed by atoms with Gasteiger partial charge in [-0.1, -0.05) is 20.8 Å². The van der Waals surface area contributed by atoms with Gasteiger partial charge in [0.05, 0.1) is 0 Å². The van der Waals surface area contributed by atoms with Crippen molar-refractivity contribution in [1.29, 1.82) is 0 Å². The van der Waals surface area contributed by atoms with Crippen molar-refractivity contribution in [2.24, 2.45) is 0 Å². The maximum absolute atomic E-state index is 13.1. The molecule has 0 fully saturated rings. The van der Waals surface area contributed by atoms with E-state index in [9.17, 15) is 3.50 Å². The summed E-state index contributed by atoms with van der Waals surface area (Å²) in [5, 5.41) is 23.6. The molecule has 0 heterocycles. The number of hydrogen-bond donors (Lipinski definition) is 3. The van der Waals surface area contributed by atoms with Crippen LogP contribution in [0.5, 0.6) is 0 Å². The van der Waals surface area contributed by atoms with Crippen molar-refractivity contribution in [2.45, 2.75) is 51.5 Å². The standard InChI is InChI=1S/C7H10FGe.3C3H8O.Zr/c1-9(2,8)7-5-3-4-6-7;3*1-2-3-4;/h3-6H,1-2H3;3*4H,2-3H2,1H3;/q-1;;;;. The van der Waals surface area contributed by atoms with Gasteiger partial charge in [-0.25, -0.2) is 0 Å². The van der Waals surface area contributed by atoms with Crippen molar-refractivity contribution in [3.05, 3.63) is 24.3 Å². The Labute approximate surface area is 158 Å². The first kappa shape index (κ1) is 30.5. The molecular weight excluding hydrogens is 423 g/mol. The van der Waals surface area contributed by atoms with Crippen molar-refractivity contribution in [3.63, 3.8) is 0 Å². The molecule has 0 unspecified atom stereocenters. The molecule has 0 atom stereocenters. The van der Waals surface area contributed by atoms with Crippen LogP contribution < -0.4 is 4.40 Å². The van der Waals surface area contributed by atoms with E-state index >= 15 is 0 Å². The number of halogens is 1. The van der Waals surface area contributed by atoms with Gasteiger partial charge in [-0.15, -0.1) is 0 Å². The van der Waals surface area contributed by atoms with Gasteiger partial charge in [-0.05, 0) is 19.3 Å². The molecule has 1 aromatic carbocycles. The summed E-state index contributed by atoms with van der Waals surface area (Å²) in [7, 11) is 0. The first-order valence-corrected chi connectivity index (χ1v) is 13.6. The van der Waals surface area contributed by atoms with Crippen LogP contribution in [-0.4, -0.2) is 48.9 Å². The summed E-state index contributed by atoms with van der Waals surface area (Å²) in [5.74, 6) is 3.49. The minimum Gasteiger partial charge on any atom is 0 e. The second kappa shape index (κ2) is 23.8. The maximum atomic E-state index is 13.1. The Balaban J connectivity index is -0.000000107. The van der Waals surface area contributed by atoms with Crippen molar-refractivity contribution in [2.75, 3.05) is 19.8 Å². The summed E-state index contributed by atoms with van der Waals surface area (Å²) in [5.41, 5.74) is 0. The molecule has 0 saturated carbocycles. The van der Waals surface area contributed by atoms with Crippen LogP contribution >= 0.6 is 0 Å². The Kier molecular flexibility index (Phi) is 33.0. The fourth-order valence-corrected chi connectivity index (χ4v) is 2.84. The molecule has 0 saturated heterocycles. The molecule has 3 N–H and O–H groups in total. The molecule has 3 nitrogen and oxygen atoms in total. The zero-order valence-corrected chi connectivity index (χ0v) is 19.3. The van der Waals surface area contributed by atoms with Gasteiger partial charge in [0.15, 0.2) is 0 Å². The van der Waals surface area contributed by atoms with Gasteiger partial charge >= 0.3 is 57.4 Å². The second-order valence-electron chi connectivity index (χ2n) is 4.82. The molecule has 0 spiro atoms. The smallest absolute Gasteiger partial charge is 0 e. The molecule has 132 valence electrons. The second-order valence-corrected chi connectivity index (χ2v) is 12.2. The molecule has 0 aliphatic carbocycles. The van der Waals surface area contributed by atoms with Crippen LogP contribution in [0.2, 0.25) is 11.5 Å². The van der Waals surface area contributed by atoms with Crippen LogP contribution in [0.3, 0.4) is 0 Å². The SMILES string of the molecule is CCCO.CCCO.CCCO.[CH3][Ge]([CH3])([F])[c-]1cccc1.[Zr]. The van der Waals surface area contributed by atoms with E-state index < -0.39 is 13.7 Å². The van der Waals surface area contributed by atoms with Gasteiger partial charge in [-0.3, -0.25) is 0 Å². The summed E-state index contributed by atoms with van der Waals surface area (Å²) in [4.78, 5) is 0. The van der Waals surface area contributed by atoms with Crippen molar-refractivity contribution < 1.29 is 45.0 Å². The number of aliphatic hydroxyl groups is 3. The third-order valence-electron chi connectivity index (χ3n) is 2.02. The van der Waals surface area contributed by atoms with Gasteiger partial charge in [0.25, 0.3) is 0 Å². The summed E-state index contributed by atoms with van der Waals surface area (Å²) >= 11 is -2.94. The monoisotopic (exact) mass is 457 g/mol. The van der Waals surface area contributed by atoms with E-state index in [4.69, 9.17) is 15.3 Å². The number of aliphatic hydroxyl groups excluding tert-OH is 3. The predicted molar refractivity (Wildman–Crippen MR) is 92.4 cm³/mol. The van der Waals surface area contributed by atoms with E-state index in [1.807, 2.05) is 45.0 Å². The van der Waals surface area contributed by atoms with Crippen LogP contribution in [0.1, 0.15) is 40.0 Å². The van der Waals surface area contributed by atoms with Crippen molar-refractivity contribution >= 4 is 18.1 Å². The Bertz CT molecular complexity index is 249. The fraction of sp³-hybridized carbons (Fsp3) is 0.688. The molecule has 1 aromatic rings. The van der Waals surface area contributed by atoms with E-state index in [0.29, 0.717) is 19.8 Å².